The number of carboxylic acids is 1. The number of likely N-dealkylation sites (tertiary alicyclic amines) is 1. The van der Waals surface area contributed by atoms with Gasteiger partial charge in [-0.1, -0.05) is 0 Å². The Bertz CT molecular complexity index is 220. The van der Waals surface area contributed by atoms with E-state index in [9.17, 15) is 4.79 Å². The van der Waals surface area contributed by atoms with Gasteiger partial charge in [0.25, 0.3) is 0 Å². The molecule has 4 nitrogen and oxygen atoms in total. The maximum atomic E-state index is 10.8. The summed E-state index contributed by atoms with van der Waals surface area (Å²) in [6.45, 7) is 6.19. The fourth-order valence-electron chi connectivity index (χ4n) is 2.18. The number of aliphatic carboxylic acids is 1. The highest BCUT2D eigenvalue weighted by atomic mass is 16.5. The maximum absolute atomic E-state index is 10.8. The van der Waals surface area contributed by atoms with Gasteiger partial charge in [-0.2, -0.15) is 0 Å². The topological polar surface area (TPSA) is 49.8 Å². The zero-order chi connectivity index (χ0) is 11.5. The molecule has 0 spiro atoms. The number of carbonyl (C=O) groups is 1. The molecule has 0 aromatic rings. The van der Waals surface area contributed by atoms with Gasteiger partial charge in [-0.05, 0) is 26.7 Å². The van der Waals surface area contributed by atoms with Crippen LogP contribution in [0.15, 0.2) is 0 Å². The minimum Gasteiger partial charge on any atom is -0.481 e. The van der Waals surface area contributed by atoms with Crippen LogP contribution in [0, 0.1) is 0 Å². The normalized spacial score (nSPS) is 21.9. The van der Waals surface area contributed by atoms with Gasteiger partial charge in [0, 0.05) is 26.2 Å². The number of carboxylic acid groups (broad SMARTS) is 1. The van der Waals surface area contributed by atoms with Crippen molar-refractivity contribution in [3.8, 4) is 0 Å². The smallest absolute Gasteiger partial charge is 0.306 e. The van der Waals surface area contributed by atoms with Gasteiger partial charge < -0.3 is 14.7 Å². The van der Waals surface area contributed by atoms with Gasteiger partial charge in [0.05, 0.1) is 12.0 Å². The first-order valence-corrected chi connectivity index (χ1v) is 5.50. The predicted molar refractivity (Wildman–Crippen MR) is 57.9 cm³/mol. The van der Waals surface area contributed by atoms with Crippen LogP contribution in [-0.4, -0.2) is 47.8 Å². The maximum Gasteiger partial charge on any atom is 0.306 e. The first-order valence-electron chi connectivity index (χ1n) is 5.50. The molecule has 1 aliphatic heterocycles. The molecule has 0 aliphatic carbocycles. The fraction of sp³-hybridized carbons (Fsp3) is 0.909. The molecule has 1 aliphatic rings. The molecular formula is C11H21NO3. The second-order valence-electron chi connectivity index (χ2n) is 4.59. The molecule has 1 saturated heterocycles. The number of piperidine rings is 1. The van der Waals surface area contributed by atoms with Gasteiger partial charge in [0.15, 0.2) is 0 Å². The molecule has 0 amide bonds. The summed E-state index contributed by atoms with van der Waals surface area (Å²) in [5, 5.41) is 8.84. The molecule has 0 saturated carbocycles. The van der Waals surface area contributed by atoms with Crippen LogP contribution in [0.25, 0.3) is 0 Å². The Morgan fingerprint density at radius 2 is 2.00 bits per heavy atom. The Labute approximate surface area is 91.2 Å². The van der Waals surface area contributed by atoms with Gasteiger partial charge in [0.2, 0.25) is 0 Å². The second-order valence-corrected chi connectivity index (χ2v) is 4.59. The van der Waals surface area contributed by atoms with E-state index in [1.807, 2.05) is 0 Å². The zero-order valence-corrected chi connectivity index (χ0v) is 9.82. The van der Waals surface area contributed by atoms with Crippen molar-refractivity contribution in [3.05, 3.63) is 0 Å². The van der Waals surface area contributed by atoms with Gasteiger partial charge in [0.1, 0.15) is 0 Å². The van der Waals surface area contributed by atoms with E-state index in [1.165, 1.54) is 0 Å². The molecule has 0 atom stereocenters. The summed E-state index contributed by atoms with van der Waals surface area (Å²) in [5.74, 6) is -0.769. The Morgan fingerprint density at radius 3 is 2.33 bits per heavy atom. The molecule has 1 heterocycles. The van der Waals surface area contributed by atoms with Crippen molar-refractivity contribution in [1.29, 1.82) is 0 Å². The average molecular weight is 215 g/mol. The average Bonchev–Trinajstić information content (AvgIpc) is 2.17. The van der Waals surface area contributed by atoms with E-state index in [4.69, 9.17) is 9.84 Å². The van der Waals surface area contributed by atoms with E-state index in [-0.39, 0.29) is 6.42 Å². The van der Waals surface area contributed by atoms with Crippen LogP contribution in [0.2, 0.25) is 0 Å². The molecule has 88 valence electrons. The number of rotatable bonds is 4. The summed E-state index contributed by atoms with van der Waals surface area (Å²) in [6.07, 6.45) is 1.75. The van der Waals surface area contributed by atoms with Crippen molar-refractivity contribution in [3.63, 3.8) is 0 Å². The van der Waals surface area contributed by atoms with Crippen LogP contribution < -0.4 is 0 Å². The molecule has 0 aromatic heterocycles. The van der Waals surface area contributed by atoms with Gasteiger partial charge in [-0.25, -0.2) is 0 Å². The number of ether oxygens (including phenoxy) is 1. The lowest BCUT2D eigenvalue weighted by Crippen LogP contribution is -2.48. The predicted octanol–water partition coefficient (Wildman–Crippen LogP) is 1.35. The molecular weight excluding hydrogens is 194 g/mol. The fourth-order valence-corrected chi connectivity index (χ4v) is 2.18. The summed E-state index contributed by atoms with van der Waals surface area (Å²) < 4.78 is 5.41. The summed E-state index contributed by atoms with van der Waals surface area (Å²) in [6, 6.07) is 0.532. The summed E-state index contributed by atoms with van der Waals surface area (Å²) in [5.41, 5.74) is -0.433. The zero-order valence-electron chi connectivity index (χ0n) is 9.82. The Hall–Kier alpha value is -0.610. The van der Waals surface area contributed by atoms with Crippen LogP contribution in [0.4, 0.5) is 0 Å². The highest BCUT2D eigenvalue weighted by Gasteiger charge is 2.37. The van der Waals surface area contributed by atoms with Crippen LogP contribution >= 0.6 is 0 Å². The number of hydrogen-bond donors (Lipinski definition) is 1. The number of methoxy groups -OCH3 is 1. The molecule has 0 bridgehead atoms. The van der Waals surface area contributed by atoms with Gasteiger partial charge in [-0.15, -0.1) is 0 Å². The van der Waals surface area contributed by atoms with Gasteiger partial charge in [-0.3, -0.25) is 4.79 Å². The van der Waals surface area contributed by atoms with Crippen LogP contribution in [-0.2, 0) is 9.53 Å². The van der Waals surface area contributed by atoms with Crippen molar-refractivity contribution in [2.24, 2.45) is 0 Å². The third-order valence-corrected chi connectivity index (χ3v) is 3.35. The Balaban J connectivity index is 2.54. The summed E-state index contributed by atoms with van der Waals surface area (Å²) >= 11 is 0. The standard InChI is InChI=1S/C11H21NO3/c1-9(2)12-6-4-11(15-3,5-7-12)8-10(13)14/h9H,4-8H2,1-3H3,(H,13,14). The Morgan fingerprint density at radius 1 is 1.47 bits per heavy atom. The van der Waals surface area contributed by atoms with Crippen molar-refractivity contribution in [1.82, 2.24) is 4.90 Å². The van der Waals surface area contributed by atoms with Crippen molar-refractivity contribution >= 4 is 5.97 Å². The first kappa shape index (κ1) is 12.5. The van der Waals surface area contributed by atoms with E-state index < -0.39 is 11.6 Å². The molecule has 1 N–H and O–H groups in total. The first-order chi connectivity index (χ1) is 6.99. The monoisotopic (exact) mass is 215 g/mol. The summed E-state index contributed by atoms with van der Waals surface area (Å²) in [4.78, 5) is 13.1. The lowest BCUT2D eigenvalue weighted by atomic mass is 9.87. The molecule has 4 heteroatoms. The number of hydrogen-bond acceptors (Lipinski definition) is 3. The summed E-state index contributed by atoms with van der Waals surface area (Å²) in [7, 11) is 1.62. The molecule has 1 fully saturated rings. The van der Waals surface area contributed by atoms with Crippen LogP contribution in [0.5, 0.6) is 0 Å². The lowest BCUT2D eigenvalue weighted by Gasteiger charge is -2.41. The highest BCUT2D eigenvalue weighted by Crippen LogP contribution is 2.29. The molecule has 15 heavy (non-hydrogen) atoms. The minimum atomic E-state index is -0.769. The molecule has 1 rings (SSSR count). The highest BCUT2D eigenvalue weighted by molar-refractivity contribution is 5.68. The van der Waals surface area contributed by atoms with E-state index in [0.717, 1.165) is 25.9 Å². The third-order valence-electron chi connectivity index (χ3n) is 3.35. The van der Waals surface area contributed by atoms with Crippen molar-refractivity contribution in [2.45, 2.75) is 44.8 Å². The SMILES string of the molecule is COC1(CC(=O)O)CCN(C(C)C)CC1. The van der Waals surface area contributed by atoms with E-state index >= 15 is 0 Å². The van der Waals surface area contributed by atoms with Crippen LogP contribution in [0.1, 0.15) is 33.1 Å². The largest absolute Gasteiger partial charge is 0.481 e. The van der Waals surface area contributed by atoms with Crippen molar-refractivity contribution < 1.29 is 14.6 Å². The lowest BCUT2D eigenvalue weighted by molar-refractivity contribution is -0.147. The van der Waals surface area contributed by atoms with Crippen LogP contribution in [0.3, 0.4) is 0 Å². The van der Waals surface area contributed by atoms with Crippen molar-refractivity contribution in [2.75, 3.05) is 20.2 Å². The van der Waals surface area contributed by atoms with E-state index in [1.54, 1.807) is 7.11 Å². The van der Waals surface area contributed by atoms with Gasteiger partial charge >= 0.3 is 5.97 Å². The molecule has 0 radical (unpaired) electrons. The second kappa shape index (κ2) is 4.94. The minimum absolute atomic E-state index is 0.120. The van der Waals surface area contributed by atoms with E-state index in [0.29, 0.717) is 6.04 Å². The van der Waals surface area contributed by atoms with E-state index in [2.05, 4.69) is 18.7 Å². The molecule has 0 aromatic carbocycles. The quantitative estimate of drug-likeness (QED) is 0.769. The Kier molecular flexibility index (Phi) is 4.11. The number of nitrogens with zero attached hydrogens (tertiary/aromatic N) is 1. The third kappa shape index (κ3) is 3.18. The molecule has 0 unspecified atom stereocenters.